The minimum atomic E-state index is -3.66. The van der Waals surface area contributed by atoms with Gasteiger partial charge in [0.2, 0.25) is 10.0 Å². The van der Waals surface area contributed by atoms with E-state index in [2.05, 4.69) is 4.90 Å². The summed E-state index contributed by atoms with van der Waals surface area (Å²) in [6.45, 7) is 4.36. The Morgan fingerprint density at radius 3 is 2.46 bits per heavy atom. The Labute approximate surface area is 152 Å². The van der Waals surface area contributed by atoms with Gasteiger partial charge in [-0.2, -0.15) is 0 Å². The van der Waals surface area contributed by atoms with E-state index in [1.54, 1.807) is 0 Å². The van der Waals surface area contributed by atoms with Gasteiger partial charge in [-0.3, -0.25) is 14.0 Å². The van der Waals surface area contributed by atoms with Crippen molar-refractivity contribution in [2.75, 3.05) is 50.0 Å². The van der Waals surface area contributed by atoms with Crippen LogP contribution in [0.4, 0.5) is 5.69 Å². The van der Waals surface area contributed by atoms with Crippen LogP contribution in [0, 0.1) is 0 Å². The third kappa shape index (κ3) is 5.68. The minimum Gasteiger partial charge on any atom is -0.478 e. The number of carboxylic acids is 1. The maximum atomic E-state index is 12.2. The van der Waals surface area contributed by atoms with E-state index in [1.807, 2.05) is 0 Å². The summed E-state index contributed by atoms with van der Waals surface area (Å²) in [6.07, 6.45) is 1.05. The minimum absolute atomic E-state index is 0.0209. The predicted molar refractivity (Wildman–Crippen MR) is 94.2 cm³/mol. The molecule has 0 aromatic heterocycles. The maximum Gasteiger partial charge on any atom is 0.335 e. The number of carbonyl (C=O) groups is 2. The third-order valence-electron chi connectivity index (χ3n) is 3.81. The van der Waals surface area contributed by atoms with E-state index in [4.69, 9.17) is 9.47 Å². The molecule has 0 bridgehead atoms. The number of sulfonamides is 1. The Bertz CT molecular complexity index is 773. The van der Waals surface area contributed by atoms with Gasteiger partial charge in [0.1, 0.15) is 5.75 Å². The van der Waals surface area contributed by atoms with Crippen molar-refractivity contribution in [3.8, 4) is 5.75 Å². The quantitative estimate of drug-likeness (QED) is 0.529. The molecule has 1 fully saturated rings. The van der Waals surface area contributed by atoms with Gasteiger partial charge in [-0.05, 0) is 12.1 Å². The third-order valence-corrected chi connectivity index (χ3v) is 5.01. The summed E-state index contributed by atoms with van der Waals surface area (Å²) in [7, 11) is -3.66. The summed E-state index contributed by atoms with van der Waals surface area (Å²) in [5, 5.41) is 9.26. The first-order valence-electron chi connectivity index (χ1n) is 8.01. The average molecular weight is 386 g/mol. The van der Waals surface area contributed by atoms with Crippen molar-refractivity contribution in [3.63, 3.8) is 0 Å². The lowest BCUT2D eigenvalue weighted by atomic mass is 10.2. The highest BCUT2D eigenvalue weighted by Crippen LogP contribution is 2.26. The van der Waals surface area contributed by atoms with Gasteiger partial charge >= 0.3 is 11.9 Å². The summed E-state index contributed by atoms with van der Waals surface area (Å²) < 4.78 is 35.8. The number of carbonyl (C=O) groups excluding carboxylic acids is 1. The average Bonchev–Trinajstić information content (AvgIpc) is 2.54. The van der Waals surface area contributed by atoms with Crippen LogP contribution in [0.1, 0.15) is 17.3 Å². The number of nitrogens with zero attached hydrogens (tertiary/aromatic N) is 2. The zero-order valence-corrected chi connectivity index (χ0v) is 15.5. The maximum absolute atomic E-state index is 12.2. The molecule has 1 aliphatic heterocycles. The SMILES string of the molecule is CC(=O)Oc1cc(C(=O)O)cc(N(CCN2CCOCC2)S(C)(=O)=O)c1. The molecule has 1 aliphatic rings. The van der Waals surface area contributed by atoms with Crippen LogP contribution >= 0.6 is 0 Å². The van der Waals surface area contributed by atoms with Crippen molar-refractivity contribution < 1.29 is 32.6 Å². The van der Waals surface area contributed by atoms with Crippen molar-refractivity contribution in [1.29, 1.82) is 0 Å². The number of rotatable bonds is 7. The first-order valence-corrected chi connectivity index (χ1v) is 9.86. The molecule has 0 atom stereocenters. The molecule has 0 spiro atoms. The van der Waals surface area contributed by atoms with Gasteiger partial charge in [-0.25, -0.2) is 13.2 Å². The van der Waals surface area contributed by atoms with Crippen molar-refractivity contribution in [3.05, 3.63) is 23.8 Å². The Morgan fingerprint density at radius 2 is 1.92 bits per heavy atom. The van der Waals surface area contributed by atoms with E-state index in [0.29, 0.717) is 32.8 Å². The van der Waals surface area contributed by atoms with Gasteiger partial charge in [0.25, 0.3) is 0 Å². The summed E-state index contributed by atoms with van der Waals surface area (Å²) in [5.41, 5.74) is -0.0318. The summed E-state index contributed by atoms with van der Waals surface area (Å²) in [4.78, 5) is 24.6. The van der Waals surface area contributed by atoms with Gasteiger partial charge in [-0.15, -0.1) is 0 Å². The van der Waals surface area contributed by atoms with Crippen LogP contribution in [-0.4, -0.2) is 76.0 Å². The Balaban J connectivity index is 2.32. The Kier molecular flexibility index (Phi) is 6.57. The van der Waals surface area contributed by atoms with Gasteiger partial charge in [0, 0.05) is 39.2 Å². The van der Waals surface area contributed by atoms with E-state index in [0.717, 1.165) is 10.6 Å². The Morgan fingerprint density at radius 1 is 1.27 bits per heavy atom. The highest BCUT2D eigenvalue weighted by Gasteiger charge is 2.22. The Hall–Kier alpha value is -2.17. The van der Waals surface area contributed by atoms with Crippen LogP contribution in [0.2, 0.25) is 0 Å². The summed E-state index contributed by atoms with van der Waals surface area (Å²) in [6, 6.07) is 3.76. The van der Waals surface area contributed by atoms with E-state index in [-0.39, 0.29) is 23.5 Å². The number of anilines is 1. The fourth-order valence-corrected chi connectivity index (χ4v) is 3.52. The summed E-state index contributed by atoms with van der Waals surface area (Å²) >= 11 is 0. The molecule has 1 N–H and O–H groups in total. The fraction of sp³-hybridized carbons (Fsp3) is 0.500. The monoisotopic (exact) mass is 386 g/mol. The van der Waals surface area contributed by atoms with Crippen LogP contribution in [0.3, 0.4) is 0 Å². The van der Waals surface area contributed by atoms with Crippen molar-refractivity contribution in [2.45, 2.75) is 6.92 Å². The van der Waals surface area contributed by atoms with Crippen molar-refractivity contribution >= 4 is 27.6 Å². The normalized spacial score (nSPS) is 15.5. The van der Waals surface area contributed by atoms with Crippen LogP contribution in [0.25, 0.3) is 0 Å². The lowest BCUT2D eigenvalue weighted by Gasteiger charge is -2.30. The van der Waals surface area contributed by atoms with Crippen molar-refractivity contribution in [1.82, 2.24) is 4.90 Å². The molecule has 1 aromatic rings. The number of esters is 1. The van der Waals surface area contributed by atoms with Crippen LogP contribution < -0.4 is 9.04 Å². The predicted octanol–water partition coefficient (Wildman–Crippen LogP) is 0.408. The molecule has 144 valence electrons. The molecule has 1 heterocycles. The van der Waals surface area contributed by atoms with E-state index in [1.165, 1.54) is 25.1 Å². The van der Waals surface area contributed by atoms with E-state index in [9.17, 15) is 23.1 Å². The van der Waals surface area contributed by atoms with Gasteiger partial charge in [0.15, 0.2) is 0 Å². The molecule has 0 radical (unpaired) electrons. The van der Waals surface area contributed by atoms with Crippen LogP contribution in [0.5, 0.6) is 5.75 Å². The number of hydrogen-bond donors (Lipinski definition) is 1. The number of hydrogen-bond acceptors (Lipinski definition) is 7. The smallest absolute Gasteiger partial charge is 0.335 e. The molecule has 10 heteroatoms. The van der Waals surface area contributed by atoms with Crippen molar-refractivity contribution in [2.24, 2.45) is 0 Å². The zero-order chi connectivity index (χ0) is 19.3. The molecule has 0 unspecified atom stereocenters. The van der Waals surface area contributed by atoms with Gasteiger partial charge in [0.05, 0.1) is 30.7 Å². The standard InChI is InChI=1S/C16H22N2O7S/c1-12(19)25-15-10-13(16(20)21)9-14(11-15)18(26(2,22)23)4-3-17-5-7-24-8-6-17/h9-11H,3-8H2,1-2H3,(H,20,21). The topological polar surface area (TPSA) is 113 Å². The van der Waals surface area contributed by atoms with Crippen LogP contribution in [0.15, 0.2) is 18.2 Å². The number of benzene rings is 1. The lowest BCUT2D eigenvalue weighted by molar-refractivity contribution is -0.131. The van der Waals surface area contributed by atoms with E-state index >= 15 is 0 Å². The van der Waals surface area contributed by atoms with E-state index < -0.39 is 22.0 Å². The first kappa shape index (κ1) is 20.1. The lowest BCUT2D eigenvalue weighted by Crippen LogP contribution is -2.43. The first-order chi connectivity index (χ1) is 12.2. The zero-order valence-electron chi connectivity index (χ0n) is 14.7. The fourth-order valence-electron chi connectivity index (χ4n) is 2.62. The second-order valence-corrected chi connectivity index (χ2v) is 7.81. The second kappa shape index (κ2) is 8.47. The largest absolute Gasteiger partial charge is 0.478 e. The number of morpholine rings is 1. The highest BCUT2D eigenvalue weighted by molar-refractivity contribution is 7.92. The number of ether oxygens (including phenoxy) is 2. The molecule has 0 amide bonds. The molecular weight excluding hydrogens is 364 g/mol. The number of carboxylic acid groups (broad SMARTS) is 1. The van der Waals surface area contributed by atoms with Gasteiger partial charge in [-0.1, -0.05) is 0 Å². The van der Waals surface area contributed by atoms with Gasteiger partial charge < -0.3 is 14.6 Å². The van der Waals surface area contributed by atoms with Crippen LogP contribution in [-0.2, 0) is 19.6 Å². The molecule has 26 heavy (non-hydrogen) atoms. The molecule has 1 aromatic carbocycles. The molecule has 1 saturated heterocycles. The molecule has 0 saturated carbocycles. The summed E-state index contributed by atoms with van der Waals surface area (Å²) in [5.74, 6) is -1.90. The molecule has 0 aliphatic carbocycles. The molecular formula is C16H22N2O7S. The molecule has 2 rings (SSSR count). The highest BCUT2D eigenvalue weighted by atomic mass is 32.2. The molecule has 9 nitrogen and oxygen atoms in total. The number of aromatic carboxylic acids is 1. The second-order valence-electron chi connectivity index (χ2n) is 5.90.